The fraction of sp³-hybridized carbons (Fsp3) is 0.429. The van der Waals surface area contributed by atoms with E-state index >= 15 is 0 Å². The van der Waals surface area contributed by atoms with Gasteiger partial charge >= 0.3 is 0 Å². The molecule has 54 valence electrons. The van der Waals surface area contributed by atoms with E-state index < -0.39 is 0 Å². The zero-order chi connectivity index (χ0) is 6.81. The van der Waals surface area contributed by atoms with Gasteiger partial charge in [-0.25, -0.2) is 0 Å². The first-order valence-corrected chi connectivity index (χ1v) is 4.16. The fourth-order valence-corrected chi connectivity index (χ4v) is 1.26. The number of ether oxygens (including phenoxy) is 2. The van der Waals surface area contributed by atoms with Crippen molar-refractivity contribution in [2.24, 2.45) is 0 Å². The van der Waals surface area contributed by atoms with E-state index in [1.54, 1.807) is 11.3 Å². The number of thiophene rings is 1. The minimum absolute atomic E-state index is 0.361. The lowest BCUT2D eigenvalue weighted by atomic mass is 10.5. The molecule has 0 unspecified atom stereocenters. The molecular formula is C7H8O2S. The highest BCUT2D eigenvalue weighted by Gasteiger charge is 2.22. The van der Waals surface area contributed by atoms with Crippen LogP contribution in [0, 0.1) is 0 Å². The van der Waals surface area contributed by atoms with Crippen molar-refractivity contribution in [3.05, 3.63) is 16.8 Å². The molecule has 1 aliphatic heterocycles. The van der Waals surface area contributed by atoms with Crippen molar-refractivity contribution < 1.29 is 9.47 Å². The van der Waals surface area contributed by atoms with Crippen LogP contribution in [0.15, 0.2) is 16.8 Å². The van der Waals surface area contributed by atoms with Crippen LogP contribution >= 0.6 is 11.3 Å². The lowest BCUT2D eigenvalue weighted by molar-refractivity contribution is 0.264. The Bertz CT molecular complexity index is 191. The van der Waals surface area contributed by atoms with Crippen LogP contribution in [0.3, 0.4) is 0 Å². The zero-order valence-electron chi connectivity index (χ0n) is 5.45. The Morgan fingerprint density at radius 3 is 3.30 bits per heavy atom. The lowest BCUT2D eigenvalue weighted by Crippen LogP contribution is -2.02. The number of epoxide rings is 1. The molecule has 1 aliphatic rings. The molecule has 0 N–H and O–H groups in total. The lowest BCUT2D eigenvalue weighted by Gasteiger charge is -1.97. The first-order chi connectivity index (χ1) is 4.95. The number of hydrogen-bond donors (Lipinski definition) is 0. The van der Waals surface area contributed by atoms with E-state index in [4.69, 9.17) is 9.47 Å². The van der Waals surface area contributed by atoms with Gasteiger partial charge in [-0.15, -0.1) is 11.3 Å². The molecule has 10 heavy (non-hydrogen) atoms. The third-order valence-electron chi connectivity index (χ3n) is 1.33. The largest absolute Gasteiger partial charge is 0.490 e. The SMILES string of the molecule is c1cc(OC[C@@H]2CO2)cs1. The van der Waals surface area contributed by atoms with Gasteiger partial charge in [0.15, 0.2) is 0 Å². The predicted octanol–water partition coefficient (Wildman–Crippen LogP) is 1.53. The summed E-state index contributed by atoms with van der Waals surface area (Å²) in [6.45, 7) is 1.57. The standard InChI is InChI=1S/C7H8O2S/c1-2-10-5-6(1)8-3-7-4-9-7/h1-2,5,7H,3-4H2/t7-/m1/s1. The van der Waals surface area contributed by atoms with E-state index in [2.05, 4.69) is 0 Å². The van der Waals surface area contributed by atoms with E-state index in [-0.39, 0.29) is 0 Å². The molecule has 2 nitrogen and oxygen atoms in total. The quantitative estimate of drug-likeness (QED) is 0.619. The highest BCUT2D eigenvalue weighted by atomic mass is 32.1. The molecule has 0 amide bonds. The van der Waals surface area contributed by atoms with Crippen molar-refractivity contribution in [2.75, 3.05) is 13.2 Å². The topological polar surface area (TPSA) is 21.8 Å². The Balaban J connectivity index is 1.79. The fourth-order valence-electron chi connectivity index (χ4n) is 0.688. The molecule has 3 heteroatoms. The smallest absolute Gasteiger partial charge is 0.130 e. The second-order valence-electron chi connectivity index (χ2n) is 2.23. The molecule has 0 saturated carbocycles. The van der Waals surface area contributed by atoms with E-state index in [0.717, 1.165) is 12.4 Å². The molecule has 0 radical (unpaired) electrons. The predicted molar refractivity (Wildman–Crippen MR) is 39.6 cm³/mol. The van der Waals surface area contributed by atoms with Crippen LogP contribution in [-0.4, -0.2) is 19.3 Å². The van der Waals surface area contributed by atoms with Gasteiger partial charge in [0.2, 0.25) is 0 Å². The average Bonchev–Trinajstić information content (AvgIpc) is 2.63. The summed E-state index contributed by atoms with van der Waals surface area (Å²) >= 11 is 1.65. The third-order valence-corrected chi connectivity index (χ3v) is 1.99. The molecule has 0 bridgehead atoms. The summed E-state index contributed by atoms with van der Waals surface area (Å²) in [4.78, 5) is 0. The van der Waals surface area contributed by atoms with Crippen LogP contribution < -0.4 is 4.74 Å². The maximum absolute atomic E-state index is 5.36. The van der Waals surface area contributed by atoms with Crippen molar-refractivity contribution in [1.29, 1.82) is 0 Å². The minimum Gasteiger partial charge on any atom is -0.490 e. The molecule has 1 atom stereocenters. The Hall–Kier alpha value is -0.540. The van der Waals surface area contributed by atoms with Crippen LogP contribution in [0.25, 0.3) is 0 Å². The first kappa shape index (κ1) is 6.19. The van der Waals surface area contributed by atoms with Crippen molar-refractivity contribution >= 4 is 11.3 Å². The summed E-state index contributed by atoms with van der Waals surface area (Å²) in [5.74, 6) is 0.959. The number of rotatable bonds is 3. The molecule has 2 rings (SSSR count). The summed E-state index contributed by atoms with van der Waals surface area (Å²) in [7, 11) is 0. The van der Waals surface area contributed by atoms with Crippen LogP contribution in [0.4, 0.5) is 0 Å². The minimum atomic E-state index is 0.361. The molecule has 0 spiro atoms. The van der Waals surface area contributed by atoms with Gasteiger partial charge in [0, 0.05) is 5.38 Å². The average molecular weight is 156 g/mol. The maximum atomic E-state index is 5.36. The Morgan fingerprint density at radius 1 is 1.80 bits per heavy atom. The molecule has 1 fully saturated rings. The second-order valence-corrected chi connectivity index (χ2v) is 3.01. The Kier molecular flexibility index (Phi) is 1.61. The van der Waals surface area contributed by atoms with Crippen molar-refractivity contribution in [1.82, 2.24) is 0 Å². The van der Waals surface area contributed by atoms with Crippen LogP contribution in [0.5, 0.6) is 5.75 Å². The summed E-state index contributed by atoms with van der Waals surface area (Å²) in [5.41, 5.74) is 0. The van der Waals surface area contributed by atoms with E-state index in [1.165, 1.54) is 0 Å². The molecule has 0 aliphatic carbocycles. The molecule has 1 aromatic heterocycles. The van der Waals surface area contributed by atoms with Gasteiger partial charge in [-0.3, -0.25) is 0 Å². The third kappa shape index (κ3) is 1.49. The Morgan fingerprint density at radius 2 is 2.70 bits per heavy atom. The van der Waals surface area contributed by atoms with Gasteiger partial charge in [-0.1, -0.05) is 0 Å². The summed E-state index contributed by atoms with van der Waals surface area (Å²) in [5, 5.41) is 3.99. The van der Waals surface area contributed by atoms with E-state index in [1.807, 2.05) is 16.8 Å². The van der Waals surface area contributed by atoms with Crippen LogP contribution in [0.1, 0.15) is 0 Å². The van der Waals surface area contributed by atoms with Gasteiger partial charge in [0.05, 0.1) is 6.61 Å². The van der Waals surface area contributed by atoms with Gasteiger partial charge in [-0.05, 0) is 11.4 Å². The highest BCUT2D eigenvalue weighted by Crippen LogP contribution is 2.17. The summed E-state index contributed by atoms with van der Waals surface area (Å²) in [6.07, 6.45) is 0.361. The van der Waals surface area contributed by atoms with Gasteiger partial charge in [0.25, 0.3) is 0 Å². The molecular weight excluding hydrogens is 148 g/mol. The van der Waals surface area contributed by atoms with Crippen LogP contribution in [0.2, 0.25) is 0 Å². The first-order valence-electron chi connectivity index (χ1n) is 3.22. The van der Waals surface area contributed by atoms with Crippen molar-refractivity contribution in [2.45, 2.75) is 6.10 Å². The number of hydrogen-bond acceptors (Lipinski definition) is 3. The molecule has 1 aromatic rings. The monoisotopic (exact) mass is 156 g/mol. The normalized spacial score (nSPS) is 22.6. The van der Waals surface area contributed by atoms with Gasteiger partial charge in [-0.2, -0.15) is 0 Å². The van der Waals surface area contributed by atoms with E-state index in [0.29, 0.717) is 12.7 Å². The van der Waals surface area contributed by atoms with Crippen LogP contribution in [-0.2, 0) is 4.74 Å². The van der Waals surface area contributed by atoms with Gasteiger partial charge < -0.3 is 9.47 Å². The summed E-state index contributed by atoms with van der Waals surface area (Å²) in [6, 6.07) is 1.97. The zero-order valence-corrected chi connectivity index (χ0v) is 6.26. The van der Waals surface area contributed by atoms with Crippen molar-refractivity contribution in [3.63, 3.8) is 0 Å². The van der Waals surface area contributed by atoms with Crippen molar-refractivity contribution in [3.8, 4) is 5.75 Å². The molecule has 0 aromatic carbocycles. The summed E-state index contributed by atoms with van der Waals surface area (Å²) < 4.78 is 10.3. The second kappa shape index (κ2) is 2.60. The van der Waals surface area contributed by atoms with Gasteiger partial charge in [0.1, 0.15) is 18.5 Å². The molecule has 2 heterocycles. The Labute approximate surface area is 63.4 Å². The highest BCUT2D eigenvalue weighted by molar-refractivity contribution is 7.08. The van der Waals surface area contributed by atoms with E-state index in [9.17, 15) is 0 Å². The molecule has 1 saturated heterocycles. The maximum Gasteiger partial charge on any atom is 0.130 e.